The zero-order chi connectivity index (χ0) is 19.1. The van der Waals surface area contributed by atoms with Gasteiger partial charge in [0.1, 0.15) is 17.5 Å². The molecule has 0 saturated carbocycles. The molecule has 5 heteroatoms. The first-order valence-electron chi connectivity index (χ1n) is 9.18. The molecule has 28 heavy (non-hydrogen) atoms. The molecule has 0 unspecified atom stereocenters. The van der Waals surface area contributed by atoms with Crippen molar-refractivity contribution in [2.45, 2.75) is 12.8 Å². The molecule has 0 radical (unpaired) electrons. The van der Waals surface area contributed by atoms with E-state index in [4.69, 9.17) is 5.10 Å². The number of aromatic nitrogens is 2. The predicted molar refractivity (Wildman–Crippen MR) is 106 cm³/mol. The van der Waals surface area contributed by atoms with Crippen LogP contribution in [0.4, 0.5) is 20.3 Å². The Morgan fingerprint density at radius 2 is 1.46 bits per heavy atom. The number of nitrogens with zero attached hydrogens (tertiary/aromatic N) is 2. The SMILES string of the molecule is Fc1ccc(Nc2c3c(nn2-c2ccc(F)cc2)-c2ccccc2CC3)cc1. The first-order chi connectivity index (χ1) is 13.7. The van der Waals surface area contributed by atoms with Gasteiger partial charge in [0.2, 0.25) is 0 Å². The van der Waals surface area contributed by atoms with Crippen molar-refractivity contribution in [1.29, 1.82) is 0 Å². The first-order valence-corrected chi connectivity index (χ1v) is 9.18. The summed E-state index contributed by atoms with van der Waals surface area (Å²) in [5, 5.41) is 8.26. The Morgan fingerprint density at radius 1 is 0.786 bits per heavy atom. The van der Waals surface area contributed by atoms with E-state index in [0.29, 0.717) is 0 Å². The Bertz CT molecular complexity index is 1150. The van der Waals surface area contributed by atoms with E-state index in [9.17, 15) is 8.78 Å². The lowest BCUT2D eigenvalue weighted by atomic mass is 9.90. The summed E-state index contributed by atoms with van der Waals surface area (Å²) in [5.74, 6) is 0.246. The van der Waals surface area contributed by atoms with Gasteiger partial charge in [0, 0.05) is 16.8 Å². The van der Waals surface area contributed by atoms with E-state index in [2.05, 4.69) is 17.4 Å². The minimum atomic E-state index is -0.293. The maximum Gasteiger partial charge on any atom is 0.138 e. The highest BCUT2D eigenvalue weighted by Crippen LogP contribution is 2.38. The summed E-state index contributed by atoms with van der Waals surface area (Å²) in [6.07, 6.45) is 1.77. The number of hydrogen-bond donors (Lipinski definition) is 1. The molecule has 1 N–H and O–H groups in total. The smallest absolute Gasteiger partial charge is 0.138 e. The summed E-state index contributed by atoms with van der Waals surface area (Å²) in [5.41, 5.74) is 5.95. The largest absolute Gasteiger partial charge is 0.340 e. The van der Waals surface area contributed by atoms with Crippen molar-refractivity contribution in [3.63, 3.8) is 0 Å². The second kappa shape index (κ2) is 6.60. The third-order valence-corrected chi connectivity index (χ3v) is 5.08. The summed E-state index contributed by atoms with van der Waals surface area (Å²) in [7, 11) is 0. The molecule has 0 amide bonds. The lowest BCUT2D eigenvalue weighted by Crippen LogP contribution is -2.06. The highest BCUT2D eigenvalue weighted by Gasteiger charge is 2.25. The van der Waals surface area contributed by atoms with Crippen LogP contribution in [-0.2, 0) is 12.8 Å². The fraction of sp³-hybridized carbons (Fsp3) is 0.0870. The van der Waals surface area contributed by atoms with Crippen LogP contribution in [0.5, 0.6) is 0 Å². The van der Waals surface area contributed by atoms with E-state index in [1.165, 1.54) is 29.8 Å². The highest BCUT2D eigenvalue weighted by atomic mass is 19.1. The molecule has 5 rings (SSSR count). The third-order valence-electron chi connectivity index (χ3n) is 5.08. The van der Waals surface area contributed by atoms with Crippen LogP contribution in [0.1, 0.15) is 11.1 Å². The second-order valence-corrected chi connectivity index (χ2v) is 6.85. The van der Waals surface area contributed by atoms with Crippen LogP contribution in [0, 0.1) is 11.6 Å². The molecule has 1 aliphatic rings. The molecule has 1 heterocycles. The fourth-order valence-corrected chi connectivity index (χ4v) is 3.70. The maximum absolute atomic E-state index is 13.4. The number of anilines is 2. The number of fused-ring (bicyclic) bond motifs is 3. The zero-order valence-corrected chi connectivity index (χ0v) is 15.0. The van der Waals surface area contributed by atoms with Gasteiger partial charge in [0.25, 0.3) is 0 Å². The lowest BCUT2D eigenvalue weighted by Gasteiger charge is -2.16. The normalized spacial score (nSPS) is 12.4. The van der Waals surface area contributed by atoms with Crippen molar-refractivity contribution in [3.05, 3.63) is 95.6 Å². The van der Waals surface area contributed by atoms with Gasteiger partial charge in [-0.2, -0.15) is 5.10 Å². The molecule has 0 aliphatic heterocycles. The van der Waals surface area contributed by atoms with E-state index >= 15 is 0 Å². The minimum Gasteiger partial charge on any atom is -0.340 e. The van der Waals surface area contributed by atoms with Crippen molar-refractivity contribution in [2.24, 2.45) is 0 Å². The average Bonchev–Trinajstić information content (AvgIpc) is 3.09. The molecule has 3 nitrogen and oxygen atoms in total. The van der Waals surface area contributed by atoms with E-state index < -0.39 is 0 Å². The number of hydrogen-bond acceptors (Lipinski definition) is 2. The van der Waals surface area contributed by atoms with Crippen LogP contribution in [-0.4, -0.2) is 9.78 Å². The maximum atomic E-state index is 13.4. The van der Waals surface area contributed by atoms with Gasteiger partial charge in [-0.15, -0.1) is 0 Å². The molecule has 3 aromatic carbocycles. The molecule has 0 spiro atoms. The standard InChI is InChI=1S/C23H17F2N3/c24-16-6-10-18(11-7-16)26-23-21-14-5-15-3-1-2-4-20(15)22(21)27-28(23)19-12-8-17(25)9-13-19/h1-4,6-13,26H,5,14H2. The number of nitrogens with one attached hydrogen (secondary N) is 1. The Balaban J connectivity index is 1.68. The molecule has 1 aromatic heterocycles. The summed E-state index contributed by atoms with van der Waals surface area (Å²) >= 11 is 0. The average molecular weight is 373 g/mol. The molecule has 0 saturated heterocycles. The quantitative estimate of drug-likeness (QED) is 0.502. The van der Waals surface area contributed by atoms with Gasteiger partial charge in [0.15, 0.2) is 0 Å². The van der Waals surface area contributed by atoms with Crippen LogP contribution >= 0.6 is 0 Å². The van der Waals surface area contributed by atoms with Gasteiger partial charge in [-0.1, -0.05) is 24.3 Å². The van der Waals surface area contributed by atoms with Crippen molar-refractivity contribution in [3.8, 4) is 16.9 Å². The summed E-state index contributed by atoms with van der Waals surface area (Å²) in [4.78, 5) is 0. The number of benzene rings is 3. The van der Waals surface area contributed by atoms with Crippen LogP contribution < -0.4 is 5.32 Å². The first kappa shape index (κ1) is 16.7. The van der Waals surface area contributed by atoms with Gasteiger partial charge in [-0.05, 0) is 66.9 Å². The van der Waals surface area contributed by atoms with E-state index in [-0.39, 0.29) is 11.6 Å². The number of rotatable bonds is 3. The molecule has 0 bridgehead atoms. The van der Waals surface area contributed by atoms with Gasteiger partial charge < -0.3 is 5.32 Å². The molecule has 4 aromatic rings. The molecular weight excluding hydrogens is 356 g/mol. The van der Waals surface area contributed by atoms with Crippen molar-refractivity contribution in [1.82, 2.24) is 9.78 Å². The van der Waals surface area contributed by atoms with Crippen LogP contribution in [0.25, 0.3) is 16.9 Å². The van der Waals surface area contributed by atoms with Gasteiger partial charge in [-0.3, -0.25) is 0 Å². The van der Waals surface area contributed by atoms with Crippen LogP contribution in [0.15, 0.2) is 72.8 Å². The monoisotopic (exact) mass is 373 g/mol. The zero-order valence-electron chi connectivity index (χ0n) is 15.0. The highest BCUT2D eigenvalue weighted by molar-refractivity contribution is 5.77. The molecule has 0 fully saturated rings. The van der Waals surface area contributed by atoms with E-state index in [1.54, 1.807) is 28.9 Å². The van der Waals surface area contributed by atoms with E-state index in [1.807, 2.05) is 12.1 Å². The third kappa shape index (κ3) is 2.85. The Labute approximate surface area is 161 Å². The van der Waals surface area contributed by atoms with Crippen LogP contribution in [0.2, 0.25) is 0 Å². The van der Waals surface area contributed by atoms with Crippen molar-refractivity contribution < 1.29 is 8.78 Å². The van der Waals surface area contributed by atoms with Gasteiger partial charge in [-0.25, -0.2) is 13.5 Å². The second-order valence-electron chi connectivity index (χ2n) is 6.85. The summed E-state index contributed by atoms with van der Waals surface area (Å²) < 4.78 is 28.5. The molecule has 138 valence electrons. The number of halogens is 2. The Morgan fingerprint density at radius 3 is 2.21 bits per heavy atom. The minimum absolute atomic E-state index is 0.284. The van der Waals surface area contributed by atoms with Gasteiger partial charge >= 0.3 is 0 Å². The molecule has 1 aliphatic carbocycles. The van der Waals surface area contributed by atoms with Gasteiger partial charge in [0.05, 0.1) is 11.4 Å². The summed E-state index contributed by atoms with van der Waals surface area (Å²) in [6, 6.07) is 20.7. The van der Waals surface area contributed by atoms with Crippen molar-refractivity contribution in [2.75, 3.05) is 5.32 Å². The summed E-state index contributed by atoms with van der Waals surface area (Å²) in [6.45, 7) is 0. The van der Waals surface area contributed by atoms with E-state index in [0.717, 1.165) is 46.9 Å². The molecule has 0 atom stereocenters. The topological polar surface area (TPSA) is 29.9 Å². The number of aryl methyl sites for hydroxylation is 1. The fourth-order valence-electron chi connectivity index (χ4n) is 3.70. The Kier molecular flexibility index (Phi) is 3.93. The lowest BCUT2D eigenvalue weighted by molar-refractivity contribution is 0.627. The van der Waals surface area contributed by atoms with Crippen LogP contribution in [0.3, 0.4) is 0 Å². The van der Waals surface area contributed by atoms with Crippen molar-refractivity contribution >= 4 is 11.5 Å². The molecular formula is C23H17F2N3. The Hall–Kier alpha value is -3.47. The predicted octanol–water partition coefficient (Wildman–Crippen LogP) is 5.66.